The Balaban J connectivity index is 4.51. The van der Waals surface area contributed by atoms with Crippen LogP contribution in [0.15, 0.2) is 0 Å². The third-order valence-electron chi connectivity index (χ3n) is 1.30. The predicted molar refractivity (Wildman–Crippen MR) is 37.2 cm³/mol. The summed E-state index contributed by atoms with van der Waals surface area (Å²) in [7, 11) is -3.03. The van der Waals surface area contributed by atoms with Gasteiger partial charge < -0.3 is 20.2 Å². The first-order chi connectivity index (χ1) is 5.86. The molecule has 3 atom stereocenters. The second kappa shape index (κ2) is 4.86. The van der Waals surface area contributed by atoms with E-state index in [1.54, 1.807) is 0 Å². The Bertz CT molecular complexity index is 237. The van der Waals surface area contributed by atoms with E-state index in [4.69, 9.17) is 15.3 Å². The summed E-state index contributed by atoms with van der Waals surface area (Å²) < 4.78 is 10.1. The van der Waals surface area contributed by atoms with Crippen molar-refractivity contribution >= 4 is 20.0 Å². The summed E-state index contributed by atoms with van der Waals surface area (Å²) in [5.74, 6) is -5.24. The third-order valence-corrected chi connectivity index (χ3v) is 1.99. The quantitative estimate of drug-likeness (QED) is 0.457. The first-order valence-corrected chi connectivity index (χ1v) is 4.48. The molecule has 0 radical (unpaired) electrons. The molecule has 0 bridgehead atoms. The summed E-state index contributed by atoms with van der Waals surface area (Å²) in [6.45, 7) is 0. The van der Waals surface area contributed by atoms with Crippen molar-refractivity contribution in [1.29, 1.82) is 0 Å². The molecule has 0 rings (SSSR count). The Morgan fingerprint density at radius 2 is 1.77 bits per heavy atom. The first-order valence-electron chi connectivity index (χ1n) is 3.11. The highest BCUT2D eigenvalue weighted by molar-refractivity contribution is 7.36. The molecule has 0 fully saturated rings. The molecule has 0 saturated carbocycles. The molecule has 0 aromatic rings. The molecule has 0 amide bonds. The monoisotopic (exact) mass is 210 g/mol. The third kappa shape index (κ3) is 3.93. The van der Waals surface area contributed by atoms with Gasteiger partial charge in [0.2, 0.25) is 0 Å². The number of hydrogen-bond donors (Lipinski definition) is 3. The first kappa shape index (κ1) is 12.0. The fourth-order valence-corrected chi connectivity index (χ4v) is 1.32. The Morgan fingerprint density at radius 3 is 2.00 bits per heavy atom. The average Bonchev–Trinajstić information content (AvgIpc) is 1.97. The average molecular weight is 210 g/mol. The summed E-state index contributed by atoms with van der Waals surface area (Å²) >= 11 is 0. The van der Waals surface area contributed by atoms with Crippen LogP contribution in [0.3, 0.4) is 0 Å². The number of carbonyl (C=O) groups is 2. The largest absolute Gasteiger partial charge is 0.596 e. The smallest absolute Gasteiger partial charge is 0.333 e. The van der Waals surface area contributed by atoms with Crippen molar-refractivity contribution in [1.82, 2.24) is 0 Å². The standard InChI is InChI=1S/C5H7O7P/c6-3(5(9)10)2(4(7)8)1-13(11)12/h2-3,6H,1H2,(H,7,8)(H,9,10). The van der Waals surface area contributed by atoms with Crippen molar-refractivity contribution in [3.63, 3.8) is 0 Å². The molecule has 7 nitrogen and oxygen atoms in total. The minimum Gasteiger partial charge on any atom is -0.596 e. The number of carboxylic acids is 2. The lowest BCUT2D eigenvalue weighted by molar-refractivity contribution is -0.169. The van der Waals surface area contributed by atoms with E-state index < -0.39 is 38.2 Å². The van der Waals surface area contributed by atoms with E-state index in [1.807, 2.05) is 0 Å². The number of carboxylic acid groups (broad SMARTS) is 2. The Labute approximate surface area is 73.5 Å². The molecule has 0 aromatic carbocycles. The molecule has 3 N–H and O–H groups in total. The molecule has 8 heteroatoms. The van der Waals surface area contributed by atoms with Crippen molar-refractivity contribution in [2.75, 3.05) is 6.16 Å². The maximum atomic E-state index is 10.3. The van der Waals surface area contributed by atoms with Gasteiger partial charge in [0.25, 0.3) is 0 Å². The molecule has 13 heavy (non-hydrogen) atoms. The Hall–Kier alpha value is -1.04. The molecular formula is C5H7O7P. The van der Waals surface area contributed by atoms with Gasteiger partial charge >= 0.3 is 20.0 Å². The molecule has 74 valence electrons. The molecule has 0 aliphatic heterocycles. The van der Waals surface area contributed by atoms with Gasteiger partial charge in [0.15, 0.2) is 12.3 Å². The number of rotatable bonds is 5. The summed E-state index contributed by atoms with van der Waals surface area (Å²) in [6.07, 6.45) is -3.09. The van der Waals surface area contributed by atoms with E-state index in [0.717, 1.165) is 0 Å². The number of aliphatic hydroxyl groups excluding tert-OH is 1. The lowest BCUT2D eigenvalue weighted by atomic mass is 10.1. The maximum Gasteiger partial charge on any atom is 0.333 e. The molecule has 0 heterocycles. The second-order valence-corrected chi connectivity index (χ2v) is 3.27. The summed E-state index contributed by atoms with van der Waals surface area (Å²) in [5, 5.41) is 25.3. The maximum absolute atomic E-state index is 10.3. The summed E-state index contributed by atoms with van der Waals surface area (Å²) in [6, 6.07) is 0. The molecule has 0 spiro atoms. The van der Waals surface area contributed by atoms with E-state index in [0.29, 0.717) is 0 Å². The van der Waals surface area contributed by atoms with Gasteiger partial charge in [0.05, 0.1) is 0 Å². The molecule has 3 unspecified atom stereocenters. The van der Waals surface area contributed by atoms with Crippen LogP contribution in [0.1, 0.15) is 0 Å². The van der Waals surface area contributed by atoms with Gasteiger partial charge in [-0.15, -0.1) is 0 Å². The van der Waals surface area contributed by atoms with Crippen LogP contribution in [0.5, 0.6) is 0 Å². The number of aliphatic carboxylic acids is 2. The highest BCUT2D eigenvalue weighted by atomic mass is 31.1. The molecule has 0 aliphatic carbocycles. The van der Waals surface area contributed by atoms with E-state index >= 15 is 0 Å². The van der Waals surface area contributed by atoms with Crippen LogP contribution in [0.2, 0.25) is 0 Å². The van der Waals surface area contributed by atoms with E-state index in [-0.39, 0.29) is 0 Å². The van der Waals surface area contributed by atoms with Crippen molar-refractivity contribution in [2.24, 2.45) is 5.92 Å². The van der Waals surface area contributed by atoms with Gasteiger partial charge in [0.1, 0.15) is 5.92 Å². The van der Waals surface area contributed by atoms with Crippen LogP contribution in [0.25, 0.3) is 0 Å². The van der Waals surface area contributed by atoms with E-state index in [1.165, 1.54) is 0 Å². The van der Waals surface area contributed by atoms with Crippen molar-refractivity contribution < 1.29 is 34.4 Å². The van der Waals surface area contributed by atoms with Crippen LogP contribution in [0.4, 0.5) is 0 Å². The number of aliphatic hydroxyl groups is 1. The van der Waals surface area contributed by atoms with E-state index in [9.17, 15) is 19.0 Å². The zero-order chi connectivity index (χ0) is 10.6. The highest BCUT2D eigenvalue weighted by Crippen LogP contribution is 2.17. The Kier molecular flexibility index (Phi) is 4.47. The fourth-order valence-electron chi connectivity index (χ4n) is 0.646. The van der Waals surface area contributed by atoms with Crippen LogP contribution >= 0.6 is 8.03 Å². The second-order valence-electron chi connectivity index (χ2n) is 2.24. The van der Waals surface area contributed by atoms with E-state index in [2.05, 4.69) is 0 Å². The summed E-state index contributed by atoms with van der Waals surface area (Å²) in [5.41, 5.74) is 0. The lowest BCUT2D eigenvalue weighted by Crippen LogP contribution is -2.36. The Morgan fingerprint density at radius 1 is 1.31 bits per heavy atom. The van der Waals surface area contributed by atoms with Crippen molar-refractivity contribution in [2.45, 2.75) is 6.10 Å². The normalized spacial score (nSPS) is 16.0. The zero-order valence-electron chi connectivity index (χ0n) is 6.28. The summed E-state index contributed by atoms with van der Waals surface area (Å²) in [4.78, 5) is 30.5. The van der Waals surface area contributed by atoms with Gasteiger partial charge in [-0.3, -0.25) is 4.79 Å². The van der Waals surface area contributed by atoms with Gasteiger partial charge in [-0.2, -0.15) is 0 Å². The topological polar surface area (TPSA) is 135 Å². The van der Waals surface area contributed by atoms with Gasteiger partial charge in [-0.25, -0.2) is 4.79 Å². The molecule has 0 saturated heterocycles. The van der Waals surface area contributed by atoms with Crippen LogP contribution in [-0.4, -0.2) is 39.5 Å². The van der Waals surface area contributed by atoms with Crippen LogP contribution in [-0.2, 0) is 14.2 Å². The minimum atomic E-state index is -3.03. The minimum absolute atomic E-state index is 0.891. The lowest BCUT2D eigenvalue weighted by Gasteiger charge is -2.10. The molecular weight excluding hydrogens is 203 g/mol. The van der Waals surface area contributed by atoms with Crippen LogP contribution in [0, 0.1) is 5.92 Å². The molecule has 0 aromatic heterocycles. The highest BCUT2D eigenvalue weighted by Gasteiger charge is 2.35. The van der Waals surface area contributed by atoms with Gasteiger partial charge in [0, 0.05) is 0 Å². The van der Waals surface area contributed by atoms with Crippen LogP contribution < -0.4 is 4.89 Å². The van der Waals surface area contributed by atoms with Gasteiger partial charge in [-0.1, -0.05) is 4.57 Å². The SMILES string of the molecule is O=C(O)C(O)C(C[P+](=O)[O-])C(=O)O. The predicted octanol–water partition coefficient (Wildman–Crippen LogP) is -1.76. The fraction of sp³-hybridized carbons (Fsp3) is 0.600. The van der Waals surface area contributed by atoms with Crippen molar-refractivity contribution in [3.8, 4) is 0 Å². The molecule has 0 aliphatic rings. The van der Waals surface area contributed by atoms with Crippen molar-refractivity contribution in [3.05, 3.63) is 0 Å². The van der Waals surface area contributed by atoms with Gasteiger partial charge in [-0.05, 0) is 0 Å². The zero-order valence-corrected chi connectivity index (χ0v) is 7.18. The number of hydrogen-bond acceptors (Lipinski definition) is 5.